The summed E-state index contributed by atoms with van der Waals surface area (Å²) >= 11 is 0. The zero-order chi connectivity index (χ0) is 59.1. The van der Waals surface area contributed by atoms with E-state index in [2.05, 4.69) is 20.1 Å². The van der Waals surface area contributed by atoms with E-state index in [9.17, 15) is 14.4 Å². The molecule has 0 spiro atoms. The van der Waals surface area contributed by atoms with Crippen LogP contribution in [0.3, 0.4) is 0 Å². The second kappa shape index (κ2) is 54.1. The highest BCUT2D eigenvalue weighted by Gasteiger charge is 2.18. The summed E-state index contributed by atoms with van der Waals surface area (Å²) in [5.74, 6) is 0.200. The number of carbonyl (C=O) groups excluding carboxylic acids is 3. The van der Waals surface area contributed by atoms with E-state index in [0.717, 1.165) is 117 Å². The van der Waals surface area contributed by atoms with Gasteiger partial charge < -0.3 is 76.9 Å². The lowest BCUT2D eigenvalue weighted by Gasteiger charge is -2.24. The van der Waals surface area contributed by atoms with Crippen molar-refractivity contribution in [2.45, 2.75) is 103 Å². The summed E-state index contributed by atoms with van der Waals surface area (Å²) in [6, 6.07) is 3.53. The lowest BCUT2D eigenvalue weighted by atomic mass is 10.1. The second-order valence-corrected chi connectivity index (χ2v) is 21.5. The van der Waals surface area contributed by atoms with Crippen LogP contribution in [0.1, 0.15) is 113 Å². The van der Waals surface area contributed by atoms with Crippen LogP contribution in [0.15, 0.2) is 24.5 Å². The van der Waals surface area contributed by atoms with E-state index >= 15 is 0 Å². The van der Waals surface area contributed by atoms with Gasteiger partial charge in [-0.3, -0.25) is 29.2 Å². The lowest BCUT2D eigenvalue weighted by molar-refractivity contribution is -0.134. The number of ether oxygens (including phenoxy) is 12. The Morgan fingerprint density at radius 3 is 0.952 bits per heavy atom. The van der Waals surface area contributed by atoms with Crippen molar-refractivity contribution >= 4 is 17.7 Å². The number of nitrogens with one attached hydrogen (secondary N) is 1. The molecule has 0 radical (unpaired) electrons. The quantitative estimate of drug-likeness (QED) is 0.163. The van der Waals surface area contributed by atoms with Gasteiger partial charge >= 0.3 is 0 Å². The Balaban J connectivity index is 0.989. The number of carbonyl (C=O) groups is 3. The van der Waals surface area contributed by atoms with Crippen molar-refractivity contribution in [3.63, 3.8) is 0 Å². The number of rotatable bonds is 21. The summed E-state index contributed by atoms with van der Waals surface area (Å²) in [6.45, 7) is 22.7. The molecule has 0 saturated carbocycles. The first-order chi connectivity index (χ1) is 41.6. The van der Waals surface area contributed by atoms with Gasteiger partial charge in [-0.05, 0) is 50.9 Å². The molecular formula is C62H113N7O15. The van der Waals surface area contributed by atoms with Gasteiger partial charge in [-0.15, -0.1) is 0 Å². The number of amides is 3. The van der Waals surface area contributed by atoms with Crippen molar-refractivity contribution in [3.05, 3.63) is 30.1 Å². The van der Waals surface area contributed by atoms with Gasteiger partial charge in [-0.1, -0.05) is 64.2 Å². The average Bonchev–Trinajstić information content (AvgIpc) is 3.54. The summed E-state index contributed by atoms with van der Waals surface area (Å²) in [7, 11) is 0. The third-order valence-electron chi connectivity index (χ3n) is 15.0. The molecule has 0 aliphatic carbocycles. The summed E-state index contributed by atoms with van der Waals surface area (Å²) < 4.78 is 70.0. The molecule has 84 heavy (non-hydrogen) atoms. The van der Waals surface area contributed by atoms with E-state index in [1.54, 1.807) is 29.4 Å². The van der Waals surface area contributed by atoms with Crippen molar-refractivity contribution in [3.8, 4) is 0 Å². The highest BCUT2D eigenvalue weighted by Crippen LogP contribution is 2.13. The molecule has 1 aromatic rings. The van der Waals surface area contributed by atoms with Crippen molar-refractivity contribution in [1.82, 2.24) is 34.8 Å². The van der Waals surface area contributed by atoms with Gasteiger partial charge in [-0.25, -0.2) is 0 Å². The van der Waals surface area contributed by atoms with E-state index in [4.69, 9.17) is 56.8 Å². The molecule has 0 bridgehead atoms. The molecule has 0 unspecified atom stereocenters. The van der Waals surface area contributed by atoms with E-state index in [0.29, 0.717) is 216 Å². The molecule has 4 heterocycles. The number of pyridine rings is 1. The second-order valence-electron chi connectivity index (χ2n) is 21.5. The zero-order valence-electron chi connectivity index (χ0n) is 51.8. The molecule has 0 aromatic carbocycles. The molecule has 1 N–H and O–H groups in total. The minimum atomic E-state index is -0.0870. The van der Waals surface area contributed by atoms with Crippen LogP contribution in [0.5, 0.6) is 0 Å². The molecular weight excluding hydrogens is 1080 g/mol. The van der Waals surface area contributed by atoms with Crippen LogP contribution in [-0.4, -0.2) is 297 Å². The summed E-state index contributed by atoms with van der Waals surface area (Å²) in [5.41, 5.74) is 0.548. The van der Waals surface area contributed by atoms with E-state index in [-0.39, 0.29) is 17.7 Å². The van der Waals surface area contributed by atoms with Gasteiger partial charge in [-0.2, -0.15) is 0 Å². The smallest absolute Gasteiger partial charge is 0.255 e. The number of nitrogens with zero attached hydrogens (tertiary/aromatic N) is 6. The van der Waals surface area contributed by atoms with Gasteiger partial charge in [0.1, 0.15) is 0 Å². The van der Waals surface area contributed by atoms with Crippen LogP contribution in [0.4, 0.5) is 0 Å². The molecule has 3 fully saturated rings. The Morgan fingerprint density at radius 1 is 0.345 bits per heavy atom. The normalized spacial score (nSPS) is 20.5. The number of aromatic nitrogens is 1. The maximum Gasteiger partial charge on any atom is 0.255 e. The first kappa shape index (κ1) is 73.4. The molecule has 3 aliphatic heterocycles. The highest BCUT2D eigenvalue weighted by atomic mass is 16.5. The number of unbranched alkanes of at least 4 members (excludes halogenated alkanes) is 12. The lowest BCUT2D eigenvalue weighted by Crippen LogP contribution is -2.38. The van der Waals surface area contributed by atoms with Gasteiger partial charge in [0, 0.05) is 104 Å². The fraction of sp³-hybridized carbons (Fsp3) is 0.871. The first-order valence-electron chi connectivity index (χ1n) is 32.4. The standard InChI is InChI=1S/C62H113N7O15/c70-60(17-11-7-3-1-5-9-13-22-65-24-36-75-48-46-73-34-20-63-21-35-74-47-49-76-37-25-65)67-28-40-79-54-56-81-42-30-68(31-43-82-57-55-80-41-29-67)61(71)18-12-8-4-2-6-10-14-23-66-26-38-77-50-52-83-44-32-69(33-45-84-53-51-78-39-27-66)62(72)59-16-15-19-64-58-59/h15-16,19,58,63H,1-14,17-18,20-57H2. The Morgan fingerprint density at radius 2 is 0.631 bits per heavy atom. The van der Waals surface area contributed by atoms with Crippen molar-refractivity contribution in [2.24, 2.45) is 0 Å². The van der Waals surface area contributed by atoms with Crippen molar-refractivity contribution in [2.75, 3.05) is 250 Å². The summed E-state index contributed by atoms with van der Waals surface area (Å²) in [5, 5.41) is 3.31. The molecule has 22 heteroatoms. The third kappa shape index (κ3) is 40.4. The van der Waals surface area contributed by atoms with E-state index in [1.165, 1.54) is 25.7 Å². The monoisotopic (exact) mass is 1200 g/mol. The van der Waals surface area contributed by atoms with E-state index in [1.807, 2.05) is 9.80 Å². The topological polar surface area (TPSA) is 203 Å². The van der Waals surface area contributed by atoms with Gasteiger partial charge in [0.05, 0.1) is 164 Å². The minimum absolute atomic E-state index is 0.0870. The summed E-state index contributed by atoms with van der Waals surface area (Å²) in [6.07, 6.45) is 19.7. The van der Waals surface area contributed by atoms with Crippen molar-refractivity contribution < 1.29 is 71.2 Å². The van der Waals surface area contributed by atoms with Crippen LogP contribution < -0.4 is 5.32 Å². The van der Waals surface area contributed by atoms with Gasteiger partial charge in [0.25, 0.3) is 5.91 Å². The SMILES string of the molecule is O=C(CCCCCCCCCN1CCOCCOCCNCCOCCOCC1)N1CCOCCOCCN(C(=O)CCCCCCCCCN2CCOCCOCCN(C(=O)c3cccnc3)CCOCCOCC2)CCOCCOCC1. The van der Waals surface area contributed by atoms with Crippen LogP contribution in [0.25, 0.3) is 0 Å². The Labute approximate surface area is 505 Å². The Kier molecular flexibility index (Phi) is 47.3. The average molecular weight is 1200 g/mol. The minimum Gasteiger partial charge on any atom is -0.378 e. The molecule has 1 aromatic heterocycles. The molecule has 3 amide bonds. The fourth-order valence-electron chi connectivity index (χ4n) is 9.86. The Bertz CT molecular complexity index is 1630. The fourth-order valence-corrected chi connectivity index (χ4v) is 9.86. The van der Waals surface area contributed by atoms with Crippen molar-refractivity contribution in [1.29, 1.82) is 0 Å². The molecule has 3 aliphatic rings. The zero-order valence-corrected chi connectivity index (χ0v) is 51.8. The predicted molar refractivity (Wildman–Crippen MR) is 323 cm³/mol. The third-order valence-corrected chi connectivity index (χ3v) is 15.0. The number of hydrogen-bond acceptors (Lipinski definition) is 19. The predicted octanol–water partition coefficient (Wildman–Crippen LogP) is 4.86. The first-order valence-corrected chi connectivity index (χ1v) is 32.4. The largest absolute Gasteiger partial charge is 0.378 e. The Hall–Kier alpha value is -3.04. The maximum atomic E-state index is 13.4. The summed E-state index contributed by atoms with van der Waals surface area (Å²) in [4.78, 5) is 54.2. The van der Waals surface area contributed by atoms with Crippen LogP contribution in [0, 0.1) is 0 Å². The number of hydrogen-bond donors (Lipinski definition) is 1. The molecule has 4 rings (SSSR count). The maximum absolute atomic E-state index is 13.4. The van der Waals surface area contributed by atoms with Crippen LogP contribution in [-0.2, 0) is 66.4 Å². The van der Waals surface area contributed by atoms with E-state index < -0.39 is 0 Å². The molecule has 22 nitrogen and oxygen atoms in total. The molecule has 486 valence electrons. The highest BCUT2D eigenvalue weighted by molar-refractivity contribution is 5.93. The molecule has 0 atom stereocenters. The van der Waals surface area contributed by atoms with Gasteiger partial charge in [0.15, 0.2) is 0 Å². The van der Waals surface area contributed by atoms with Crippen LogP contribution in [0.2, 0.25) is 0 Å². The van der Waals surface area contributed by atoms with Crippen LogP contribution >= 0.6 is 0 Å². The molecule has 3 saturated heterocycles. The van der Waals surface area contributed by atoms with Gasteiger partial charge in [0.2, 0.25) is 11.8 Å².